The van der Waals surface area contributed by atoms with Crippen molar-refractivity contribution in [2.45, 2.75) is 75.6 Å². The van der Waals surface area contributed by atoms with Gasteiger partial charge in [0.05, 0.1) is 6.54 Å². The number of carbonyl (C=O) groups excluding carboxylic acids is 1. The SMILES string of the molecule is CC[C@H](NS(=O)(=O)c1ccc(CNC(C)=O)s1)C12CC3CC(CC(C3)C1)C2. The molecule has 4 saturated carbocycles. The summed E-state index contributed by atoms with van der Waals surface area (Å²) in [5.74, 6) is 2.31. The molecule has 150 valence electrons. The van der Waals surface area contributed by atoms with Crippen LogP contribution in [0, 0.1) is 23.2 Å². The molecular formula is C20H30N2O3S2. The second kappa shape index (κ2) is 7.16. The van der Waals surface area contributed by atoms with Gasteiger partial charge in [0.15, 0.2) is 0 Å². The first-order valence-electron chi connectivity index (χ1n) is 10.1. The highest BCUT2D eigenvalue weighted by atomic mass is 32.2. The molecule has 1 heterocycles. The zero-order chi connectivity index (χ0) is 19.2. The van der Waals surface area contributed by atoms with E-state index in [0.29, 0.717) is 10.8 Å². The smallest absolute Gasteiger partial charge is 0.250 e. The van der Waals surface area contributed by atoms with Gasteiger partial charge >= 0.3 is 0 Å². The predicted molar refractivity (Wildman–Crippen MR) is 107 cm³/mol. The molecule has 1 atom stereocenters. The number of nitrogens with one attached hydrogen (secondary N) is 2. The normalized spacial score (nSPS) is 33.2. The van der Waals surface area contributed by atoms with Crippen LogP contribution in [0.2, 0.25) is 0 Å². The van der Waals surface area contributed by atoms with E-state index in [1.807, 2.05) is 0 Å². The summed E-state index contributed by atoms with van der Waals surface area (Å²) in [6, 6.07) is 3.48. The number of sulfonamides is 1. The molecule has 0 aromatic carbocycles. The van der Waals surface area contributed by atoms with Crippen LogP contribution in [0.3, 0.4) is 0 Å². The summed E-state index contributed by atoms with van der Waals surface area (Å²) in [6.07, 6.45) is 8.50. The van der Waals surface area contributed by atoms with E-state index in [-0.39, 0.29) is 17.4 Å². The molecule has 4 aliphatic carbocycles. The molecule has 7 heteroatoms. The largest absolute Gasteiger partial charge is 0.351 e. The van der Waals surface area contributed by atoms with Crippen LogP contribution >= 0.6 is 11.3 Å². The molecule has 4 fully saturated rings. The molecule has 5 rings (SSSR count). The Labute approximate surface area is 166 Å². The number of carbonyl (C=O) groups is 1. The monoisotopic (exact) mass is 410 g/mol. The summed E-state index contributed by atoms with van der Waals surface area (Å²) in [7, 11) is -3.53. The Balaban J connectivity index is 1.50. The minimum Gasteiger partial charge on any atom is -0.351 e. The highest BCUT2D eigenvalue weighted by molar-refractivity contribution is 7.91. The average Bonchev–Trinajstić information content (AvgIpc) is 3.06. The first kappa shape index (κ1) is 19.4. The molecular weight excluding hydrogens is 380 g/mol. The highest BCUT2D eigenvalue weighted by Gasteiger charge is 2.54. The van der Waals surface area contributed by atoms with Crippen LogP contribution in [-0.2, 0) is 21.4 Å². The van der Waals surface area contributed by atoms with Crippen molar-refractivity contribution in [3.05, 3.63) is 17.0 Å². The maximum absolute atomic E-state index is 13.1. The van der Waals surface area contributed by atoms with Crippen LogP contribution in [0.4, 0.5) is 0 Å². The molecule has 1 amide bonds. The van der Waals surface area contributed by atoms with Crippen molar-refractivity contribution < 1.29 is 13.2 Å². The van der Waals surface area contributed by atoms with Crippen LogP contribution in [0.15, 0.2) is 16.3 Å². The number of hydrogen-bond acceptors (Lipinski definition) is 4. The summed E-state index contributed by atoms with van der Waals surface area (Å²) in [5.41, 5.74) is 0.160. The minimum atomic E-state index is -3.53. The van der Waals surface area contributed by atoms with Crippen LogP contribution in [0.1, 0.15) is 63.7 Å². The van der Waals surface area contributed by atoms with Gasteiger partial charge in [-0.2, -0.15) is 0 Å². The zero-order valence-electron chi connectivity index (χ0n) is 16.2. The van der Waals surface area contributed by atoms with Crippen LogP contribution in [0.5, 0.6) is 0 Å². The van der Waals surface area contributed by atoms with Gasteiger partial charge in [0, 0.05) is 17.8 Å². The molecule has 0 aliphatic heterocycles. The van der Waals surface area contributed by atoms with Crippen molar-refractivity contribution in [1.29, 1.82) is 0 Å². The van der Waals surface area contributed by atoms with Gasteiger partial charge in [-0.25, -0.2) is 13.1 Å². The van der Waals surface area contributed by atoms with Gasteiger partial charge in [0.25, 0.3) is 0 Å². The maximum Gasteiger partial charge on any atom is 0.250 e. The summed E-state index contributed by atoms with van der Waals surface area (Å²) < 4.78 is 29.6. The molecule has 4 bridgehead atoms. The fraction of sp³-hybridized carbons (Fsp3) is 0.750. The first-order chi connectivity index (χ1) is 12.8. The quantitative estimate of drug-likeness (QED) is 0.720. The first-order valence-corrected chi connectivity index (χ1v) is 12.4. The third-order valence-electron chi connectivity index (χ3n) is 6.94. The van der Waals surface area contributed by atoms with Gasteiger partial charge in [-0.1, -0.05) is 6.92 Å². The summed E-state index contributed by atoms with van der Waals surface area (Å²) in [5, 5.41) is 2.72. The lowest BCUT2D eigenvalue weighted by Crippen LogP contribution is -2.56. The fourth-order valence-electron chi connectivity index (χ4n) is 6.30. The molecule has 0 spiro atoms. The lowest BCUT2D eigenvalue weighted by molar-refractivity contribution is -0.119. The molecule has 0 unspecified atom stereocenters. The predicted octanol–water partition coefficient (Wildman–Crippen LogP) is 3.66. The lowest BCUT2D eigenvalue weighted by atomic mass is 9.47. The molecule has 0 saturated heterocycles. The van der Waals surface area contributed by atoms with Crippen LogP contribution in [-0.4, -0.2) is 20.4 Å². The molecule has 27 heavy (non-hydrogen) atoms. The summed E-state index contributed by atoms with van der Waals surface area (Å²) >= 11 is 1.25. The van der Waals surface area contributed by atoms with Crippen LogP contribution in [0.25, 0.3) is 0 Å². The Morgan fingerprint density at radius 2 is 1.78 bits per heavy atom. The fourth-order valence-corrected chi connectivity index (χ4v) is 9.03. The van der Waals surface area contributed by atoms with E-state index >= 15 is 0 Å². The van der Waals surface area contributed by atoms with E-state index < -0.39 is 10.0 Å². The Hall–Kier alpha value is -0.920. The van der Waals surface area contributed by atoms with E-state index in [0.717, 1.165) is 29.1 Å². The molecule has 4 aliphatic rings. The third-order valence-corrected chi connectivity index (χ3v) is 9.99. The van der Waals surface area contributed by atoms with Gasteiger partial charge in [-0.3, -0.25) is 4.79 Å². The second-order valence-electron chi connectivity index (χ2n) is 8.99. The van der Waals surface area contributed by atoms with Crippen molar-refractivity contribution in [1.82, 2.24) is 10.0 Å². The minimum absolute atomic E-state index is 0.0248. The number of amides is 1. The zero-order valence-corrected chi connectivity index (χ0v) is 17.8. The van der Waals surface area contributed by atoms with Gasteiger partial charge in [0.2, 0.25) is 15.9 Å². The standard InChI is InChI=1S/C20H30N2O3S2/c1-3-18(20-9-14-6-15(10-20)8-16(7-14)11-20)22-27(24,25)19-5-4-17(26-19)12-21-13(2)23/h4-5,14-16,18,22H,3,6-12H2,1-2H3,(H,21,23)/t14?,15?,16?,18-,20?/m0/s1. The Morgan fingerprint density at radius 3 is 2.30 bits per heavy atom. The maximum atomic E-state index is 13.1. The van der Waals surface area contributed by atoms with Crippen molar-refractivity contribution >= 4 is 27.3 Å². The summed E-state index contributed by atoms with van der Waals surface area (Å²) in [6.45, 7) is 3.95. The molecule has 5 nitrogen and oxygen atoms in total. The van der Waals surface area contributed by atoms with Gasteiger partial charge in [0.1, 0.15) is 4.21 Å². The molecule has 0 radical (unpaired) electrons. The lowest BCUT2D eigenvalue weighted by Gasteiger charge is -2.59. The molecule has 1 aromatic heterocycles. The van der Waals surface area contributed by atoms with Crippen molar-refractivity contribution in [3.8, 4) is 0 Å². The Morgan fingerprint density at radius 1 is 1.19 bits per heavy atom. The third kappa shape index (κ3) is 3.83. The number of hydrogen-bond donors (Lipinski definition) is 2. The Bertz CT molecular complexity index is 780. The van der Waals surface area contributed by atoms with Crippen LogP contribution < -0.4 is 10.0 Å². The van der Waals surface area contributed by atoms with Crippen molar-refractivity contribution in [2.24, 2.45) is 23.2 Å². The number of thiophene rings is 1. The van der Waals surface area contributed by atoms with Crippen molar-refractivity contribution in [3.63, 3.8) is 0 Å². The Kier molecular flexibility index (Phi) is 5.14. The van der Waals surface area contributed by atoms with Gasteiger partial charge in [-0.15, -0.1) is 11.3 Å². The van der Waals surface area contributed by atoms with Gasteiger partial charge in [-0.05, 0) is 80.2 Å². The van der Waals surface area contributed by atoms with E-state index in [2.05, 4.69) is 17.0 Å². The number of rotatable bonds is 7. The van der Waals surface area contributed by atoms with E-state index in [4.69, 9.17) is 0 Å². The second-order valence-corrected chi connectivity index (χ2v) is 12.1. The average molecular weight is 411 g/mol. The highest BCUT2D eigenvalue weighted by Crippen LogP contribution is 2.61. The van der Waals surface area contributed by atoms with E-state index in [9.17, 15) is 13.2 Å². The summed E-state index contributed by atoms with van der Waals surface area (Å²) in [4.78, 5) is 11.9. The van der Waals surface area contributed by atoms with E-state index in [1.165, 1.54) is 56.8 Å². The topological polar surface area (TPSA) is 75.3 Å². The van der Waals surface area contributed by atoms with Crippen molar-refractivity contribution in [2.75, 3.05) is 0 Å². The molecule has 1 aromatic rings. The van der Waals surface area contributed by atoms with Gasteiger partial charge < -0.3 is 5.32 Å². The molecule has 2 N–H and O–H groups in total. The van der Waals surface area contributed by atoms with E-state index in [1.54, 1.807) is 12.1 Å².